The van der Waals surface area contributed by atoms with Crippen LogP contribution < -0.4 is 0 Å². The highest BCUT2D eigenvalue weighted by atomic mass is 16.7. The van der Waals surface area contributed by atoms with Crippen molar-refractivity contribution in [2.24, 2.45) is 0 Å². The summed E-state index contributed by atoms with van der Waals surface area (Å²) in [5.41, 5.74) is 0. The second-order valence-corrected chi connectivity index (χ2v) is 3.31. The fourth-order valence-corrected chi connectivity index (χ4v) is 1.67. The summed E-state index contributed by atoms with van der Waals surface area (Å²) < 4.78 is 11.1. The van der Waals surface area contributed by atoms with E-state index in [1.54, 1.807) is 0 Å². The Morgan fingerprint density at radius 1 is 1.00 bits per heavy atom. The van der Waals surface area contributed by atoms with E-state index in [2.05, 4.69) is 4.90 Å². The summed E-state index contributed by atoms with van der Waals surface area (Å²) in [6, 6.07) is 0. The van der Waals surface area contributed by atoms with Crippen molar-refractivity contribution < 1.29 is 9.47 Å². The summed E-state index contributed by atoms with van der Waals surface area (Å²) in [5.74, 6) is 0. The molecule has 78 valence electrons. The lowest BCUT2D eigenvalue weighted by Gasteiger charge is -2.33. The molecule has 1 rings (SSSR count). The van der Waals surface area contributed by atoms with Gasteiger partial charge in [-0.1, -0.05) is 6.42 Å². The lowest BCUT2D eigenvalue weighted by molar-refractivity contribution is -0.223. The third-order valence-electron chi connectivity index (χ3n) is 2.31. The van der Waals surface area contributed by atoms with Gasteiger partial charge in [-0.25, -0.2) is 0 Å². The van der Waals surface area contributed by atoms with Crippen LogP contribution in [0.15, 0.2) is 0 Å². The van der Waals surface area contributed by atoms with Gasteiger partial charge >= 0.3 is 0 Å². The summed E-state index contributed by atoms with van der Waals surface area (Å²) in [6.45, 7) is 7.70. The standard InChI is InChI=1S/C10H21NO2/c1-3-12-10(13-4-2)11-8-6-5-7-9-11/h10H,3-9H2,1-2H3. The second-order valence-electron chi connectivity index (χ2n) is 3.31. The molecule has 3 nitrogen and oxygen atoms in total. The molecule has 0 radical (unpaired) electrons. The summed E-state index contributed by atoms with van der Waals surface area (Å²) in [5, 5.41) is 0. The maximum atomic E-state index is 5.53. The van der Waals surface area contributed by atoms with E-state index in [9.17, 15) is 0 Å². The van der Waals surface area contributed by atoms with E-state index in [0.717, 1.165) is 26.3 Å². The molecule has 1 aliphatic heterocycles. The zero-order chi connectivity index (χ0) is 9.52. The van der Waals surface area contributed by atoms with Crippen LogP contribution >= 0.6 is 0 Å². The fraction of sp³-hybridized carbons (Fsp3) is 1.00. The Kier molecular flexibility index (Phi) is 5.35. The van der Waals surface area contributed by atoms with Gasteiger partial charge in [0.1, 0.15) is 0 Å². The zero-order valence-electron chi connectivity index (χ0n) is 8.79. The predicted molar refractivity (Wildman–Crippen MR) is 52.5 cm³/mol. The Morgan fingerprint density at radius 2 is 1.54 bits per heavy atom. The Hall–Kier alpha value is -0.120. The van der Waals surface area contributed by atoms with Crippen molar-refractivity contribution in [3.05, 3.63) is 0 Å². The van der Waals surface area contributed by atoms with Gasteiger partial charge in [0.25, 0.3) is 0 Å². The Morgan fingerprint density at radius 3 is 2.00 bits per heavy atom. The molecule has 0 aromatic carbocycles. The van der Waals surface area contributed by atoms with E-state index in [0.29, 0.717) is 0 Å². The third-order valence-corrected chi connectivity index (χ3v) is 2.31. The molecule has 0 aliphatic carbocycles. The summed E-state index contributed by atoms with van der Waals surface area (Å²) >= 11 is 0. The van der Waals surface area contributed by atoms with Gasteiger partial charge in [-0.2, -0.15) is 0 Å². The van der Waals surface area contributed by atoms with E-state index < -0.39 is 0 Å². The van der Waals surface area contributed by atoms with Gasteiger partial charge in [0, 0.05) is 26.3 Å². The molecule has 1 heterocycles. The lowest BCUT2D eigenvalue weighted by atomic mass is 10.1. The van der Waals surface area contributed by atoms with E-state index in [1.165, 1.54) is 19.3 Å². The molecule has 1 fully saturated rings. The molecule has 0 unspecified atom stereocenters. The number of nitrogens with zero attached hydrogens (tertiary/aromatic N) is 1. The van der Waals surface area contributed by atoms with Gasteiger partial charge in [0.05, 0.1) is 0 Å². The van der Waals surface area contributed by atoms with Crippen molar-refractivity contribution in [2.45, 2.75) is 39.5 Å². The molecule has 0 bridgehead atoms. The number of hydrogen-bond donors (Lipinski definition) is 0. The van der Waals surface area contributed by atoms with E-state index >= 15 is 0 Å². The number of piperidine rings is 1. The van der Waals surface area contributed by atoms with Crippen LogP contribution in [0.25, 0.3) is 0 Å². The zero-order valence-corrected chi connectivity index (χ0v) is 8.79. The summed E-state index contributed by atoms with van der Waals surface area (Å²) in [7, 11) is 0. The van der Waals surface area contributed by atoms with Crippen LogP contribution in [-0.4, -0.2) is 37.6 Å². The average Bonchev–Trinajstić information content (AvgIpc) is 2.19. The monoisotopic (exact) mass is 187 g/mol. The molecule has 0 amide bonds. The van der Waals surface area contributed by atoms with Crippen LogP contribution in [0, 0.1) is 0 Å². The number of hydrogen-bond acceptors (Lipinski definition) is 3. The van der Waals surface area contributed by atoms with E-state index in [-0.39, 0.29) is 6.41 Å². The SMILES string of the molecule is CCOC(OCC)N1CCCCC1. The largest absolute Gasteiger partial charge is 0.340 e. The van der Waals surface area contributed by atoms with E-state index in [1.807, 2.05) is 13.8 Å². The van der Waals surface area contributed by atoms with Crippen molar-refractivity contribution in [1.29, 1.82) is 0 Å². The first-order valence-corrected chi connectivity index (χ1v) is 5.35. The van der Waals surface area contributed by atoms with Crippen LogP contribution in [0.4, 0.5) is 0 Å². The minimum Gasteiger partial charge on any atom is -0.340 e. The van der Waals surface area contributed by atoms with Gasteiger partial charge in [-0.3, -0.25) is 4.90 Å². The highest BCUT2D eigenvalue weighted by molar-refractivity contribution is 4.63. The Bertz CT molecular complexity index is 118. The lowest BCUT2D eigenvalue weighted by Crippen LogP contribution is -2.42. The van der Waals surface area contributed by atoms with Gasteiger partial charge in [0.2, 0.25) is 6.41 Å². The van der Waals surface area contributed by atoms with Gasteiger partial charge < -0.3 is 9.47 Å². The molecular weight excluding hydrogens is 166 g/mol. The summed E-state index contributed by atoms with van der Waals surface area (Å²) in [4.78, 5) is 2.29. The minimum atomic E-state index is -0.102. The van der Waals surface area contributed by atoms with E-state index in [4.69, 9.17) is 9.47 Å². The van der Waals surface area contributed by atoms with Crippen LogP contribution in [0.5, 0.6) is 0 Å². The number of rotatable bonds is 5. The first kappa shape index (κ1) is 11.0. The predicted octanol–water partition coefficient (Wildman–Crippen LogP) is 1.83. The van der Waals surface area contributed by atoms with Crippen LogP contribution in [-0.2, 0) is 9.47 Å². The maximum absolute atomic E-state index is 5.53. The molecule has 0 saturated carbocycles. The molecular formula is C10H21NO2. The molecule has 1 saturated heterocycles. The Balaban J connectivity index is 2.32. The molecule has 13 heavy (non-hydrogen) atoms. The van der Waals surface area contributed by atoms with Crippen molar-refractivity contribution in [2.75, 3.05) is 26.3 Å². The Labute approximate surface area is 81.0 Å². The highest BCUT2D eigenvalue weighted by Crippen LogP contribution is 2.13. The molecule has 3 heteroatoms. The smallest absolute Gasteiger partial charge is 0.218 e. The molecule has 0 N–H and O–H groups in total. The first-order chi connectivity index (χ1) is 6.38. The van der Waals surface area contributed by atoms with Crippen LogP contribution in [0.2, 0.25) is 0 Å². The van der Waals surface area contributed by atoms with Crippen LogP contribution in [0.1, 0.15) is 33.1 Å². The molecule has 1 aliphatic rings. The molecule has 0 aromatic rings. The van der Waals surface area contributed by atoms with Crippen molar-refractivity contribution in [3.63, 3.8) is 0 Å². The third kappa shape index (κ3) is 3.63. The topological polar surface area (TPSA) is 21.7 Å². The van der Waals surface area contributed by atoms with Gasteiger partial charge in [-0.15, -0.1) is 0 Å². The molecule has 0 spiro atoms. The summed E-state index contributed by atoms with van der Waals surface area (Å²) in [6.07, 6.45) is 3.80. The quantitative estimate of drug-likeness (QED) is 0.613. The van der Waals surface area contributed by atoms with Gasteiger partial charge in [0.15, 0.2) is 0 Å². The average molecular weight is 187 g/mol. The van der Waals surface area contributed by atoms with Crippen molar-refractivity contribution in [1.82, 2.24) is 4.90 Å². The fourth-order valence-electron chi connectivity index (χ4n) is 1.67. The normalized spacial score (nSPS) is 19.6. The molecule has 0 atom stereocenters. The van der Waals surface area contributed by atoms with Crippen molar-refractivity contribution >= 4 is 0 Å². The highest BCUT2D eigenvalue weighted by Gasteiger charge is 2.20. The van der Waals surface area contributed by atoms with Crippen LogP contribution in [0.3, 0.4) is 0 Å². The second kappa shape index (κ2) is 6.35. The van der Waals surface area contributed by atoms with Crippen molar-refractivity contribution in [3.8, 4) is 0 Å². The molecule has 0 aromatic heterocycles. The maximum Gasteiger partial charge on any atom is 0.218 e. The van der Waals surface area contributed by atoms with Gasteiger partial charge in [-0.05, 0) is 26.7 Å². The first-order valence-electron chi connectivity index (χ1n) is 5.35. The minimum absolute atomic E-state index is 0.102. The number of likely N-dealkylation sites (tertiary alicyclic amines) is 1. The number of ether oxygens (including phenoxy) is 2.